The Kier molecular flexibility index (Phi) is 6.39. The van der Waals surface area contributed by atoms with Crippen molar-refractivity contribution in [3.63, 3.8) is 0 Å². The molecule has 2 heterocycles. The number of rotatable bonds is 5. The molecule has 0 amide bonds. The first-order chi connectivity index (χ1) is 24.5. The lowest BCUT2D eigenvalue weighted by Crippen LogP contribution is -2.16. The van der Waals surface area contributed by atoms with Crippen molar-refractivity contribution in [2.24, 2.45) is 0 Å². The van der Waals surface area contributed by atoms with Crippen LogP contribution in [0.15, 0.2) is 162 Å². The van der Waals surface area contributed by atoms with E-state index in [2.05, 4.69) is 152 Å². The van der Waals surface area contributed by atoms with Crippen LogP contribution < -0.4 is 4.90 Å². The summed E-state index contributed by atoms with van der Waals surface area (Å²) in [5, 5.41) is 2.38. The molecule has 0 radical (unpaired) electrons. The maximum Gasteiger partial charge on any atom is 0.227 e. The number of hydrogen-bond donors (Lipinski definition) is 0. The highest BCUT2D eigenvalue weighted by molar-refractivity contribution is 7.26. The molecule has 0 atom stereocenters. The zero-order chi connectivity index (χ0) is 33.4. The van der Waals surface area contributed by atoms with Crippen LogP contribution in [0.2, 0.25) is 0 Å². The van der Waals surface area contributed by atoms with Gasteiger partial charge in [-0.15, -0.1) is 11.3 Å². The molecule has 238 valence electrons. The van der Waals surface area contributed by atoms with Crippen LogP contribution in [0, 0.1) is 0 Å². The van der Waals surface area contributed by atoms with Gasteiger partial charge in [-0.2, -0.15) is 0 Å². The first-order valence-corrected chi connectivity index (χ1v) is 17.9. The van der Waals surface area contributed by atoms with Gasteiger partial charge in [0, 0.05) is 48.1 Å². The van der Waals surface area contributed by atoms with E-state index in [1.165, 1.54) is 53.6 Å². The molecule has 0 spiro atoms. The second-order valence-electron chi connectivity index (χ2n) is 13.6. The number of fused-ring (bicyclic) bond motifs is 7. The van der Waals surface area contributed by atoms with Crippen LogP contribution in [0.3, 0.4) is 0 Å². The molecule has 9 aromatic rings. The summed E-state index contributed by atoms with van der Waals surface area (Å²) < 4.78 is 8.71. The predicted octanol–water partition coefficient (Wildman–Crippen LogP) is 13.3. The van der Waals surface area contributed by atoms with Crippen molar-refractivity contribution in [3.05, 3.63) is 169 Å². The van der Waals surface area contributed by atoms with Gasteiger partial charge in [0.05, 0.1) is 5.69 Å². The molecule has 4 heteroatoms. The quantitative estimate of drug-likeness (QED) is 0.184. The molecule has 3 nitrogen and oxygen atoms in total. The summed E-state index contributed by atoms with van der Waals surface area (Å²) in [6.07, 6.45) is 0. The molecule has 0 fully saturated rings. The molecule has 0 unspecified atom stereocenters. The number of hydrogen-bond acceptors (Lipinski definition) is 4. The highest BCUT2D eigenvalue weighted by atomic mass is 32.1. The summed E-state index contributed by atoms with van der Waals surface area (Å²) >= 11 is 1.82. The van der Waals surface area contributed by atoms with Crippen molar-refractivity contribution in [2.75, 3.05) is 4.90 Å². The zero-order valence-electron chi connectivity index (χ0n) is 27.7. The second kappa shape index (κ2) is 11.0. The number of oxazole rings is 1. The van der Waals surface area contributed by atoms with Gasteiger partial charge in [0.15, 0.2) is 5.58 Å². The van der Waals surface area contributed by atoms with Crippen molar-refractivity contribution in [2.45, 2.75) is 19.3 Å². The van der Waals surface area contributed by atoms with E-state index in [1.807, 2.05) is 35.6 Å². The highest BCUT2D eigenvalue weighted by Gasteiger charge is 2.36. The molecule has 2 aromatic heterocycles. The molecule has 1 aliphatic rings. The molecular weight excluding hydrogens is 629 g/mol. The lowest BCUT2D eigenvalue weighted by Gasteiger charge is -2.30. The summed E-state index contributed by atoms with van der Waals surface area (Å²) in [5.74, 6) is 0.653. The van der Waals surface area contributed by atoms with Crippen molar-refractivity contribution in [1.29, 1.82) is 0 Å². The van der Waals surface area contributed by atoms with E-state index >= 15 is 0 Å². The van der Waals surface area contributed by atoms with Crippen molar-refractivity contribution in [3.8, 4) is 33.7 Å². The molecule has 10 rings (SSSR count). The highest BCUT2D eigenvalue weighted by Crippen LogP contribution is 2.52. The van der Waals surface area contributed by atoms with Crippen LogP contribution in [0.1, 0.15) is 25.0 Å². The van der Waals surface area contributed by atoms with Gasteiger partial charge in [0.2, 0.25) is 5.89 Å². The number of anilines is 3. The smallest absolute Gasteiger partial charge is 0.227 e. The molecule has 0 bridgehead atoms. The number of aromatic nitrogens is 1. The summed E-state index contributed by atoms with van der Waals surface area (Å²) in [4.78, 5) is 7.31. The fourth-order valence-corrected chi connectivity index (χ4v) is 9.07. The normalized spacial score (nSPS) is 13.2. The Morgan fingerprint density at radius 1 is 0.560 bits per heavy atom. The van der Waals surface area contributed by atoms with Gasteiger partial charge in [-0.3, -0.25) is 0 Å². The van der Waals surface area contributed by atoms with E-state index in [0.717, 1.165) is 33.7 Å². The van der Waals surface area contributed by atoms with Crippen molar-refractivity contribution >= 4 is 59.7 Å². The van der Waals surface area contributed by atoms with Crippen LogP contribution >= 0.6 is 11.3 Å². The standard InChI is InChI=1S/C46H32N2OS/c1-46(2)37-18-8-6-16-33(37)34-25-23-30(27-38(34)46)48(40-20-10-7-15-32(40)29-13-4-3-5-14-29)31-24-26-35-43(28-31)50-42-22-12-17-36(44(35)42)45-47-39-19-9-11-21-41(39)49-45/h3-28H,1-2H3. The molecule has 50 heavy (non-hydrogen) atoms. The van der Waals surface area contributed by atoms with Gasteiger partial charge in [0.1, 0.15) is 5.52 Å². The number of para-hydroxylation sites is 3. The SMILES string of the molecule is CC1(C)c2ccccc2-c2ccc(N(c3ccc4c(c3)sc3cccc(-c5nc6ccccc6o5)c34)c3ccccc3-c3ccccc3)cc21. The molecule has 1 aliphatic carbocycles. The number of benzene rings is 7. The Balaban J connectivity index is 1.18. The van der Waals surface area contributed by atoms with Gasteiger partial charge in [-0.05, 0) is 82.4 Å². The largest absolute Gasteiger partial charge is 0.436 e. The Hall–Kier alpha value is -5.97. The summed E-state index contributed by atoms with van der Waals surface area (Å²) in [6.45, 7) is 4.70. The molecule has 0 saturated heterocycles. The lowest BCUT2D eigenvalue weighted by molar-refractivity contribution is 0.620. The molecule has 7 aromatic carbocycles. The van der Waals surface area contributed by atoms with Crippen LogP contribution in [0.4, 0.5) is 17.1 Å². The Morgan fingerprint density at radius 3 is 2.14 bits per heavy atom. The predicted molar refractivity (Wildman–Crippen MR) is 210 cm³/mol. The molecule has 0 N–H and O–H groups in total. The average molecular weight is 661 g/mol. The third kappa shape index (κ3) is 4.38. The molecule has 0 saturated carbocycles. The number of thiophene rings is 1. The number of nitrogens with zero attached hydrogens (tertiary/aromatic N) is 2. The van der Waals surface area contributed by atoms with E-state index in [1.54, 1.807) is 0 Å². The van der Waals surface area contributed by atoms with Gasteiger partial charge in [0.25, 0.3) is 0 Å². The van der Waals surface area contributed by atoms with Crippen LogP contribution in [0.5, 0.6) is 0 Å². The van der Waals surface area contributed by atoms with Gasteiger partial charge < -0.3 is 9.32 Å². The Bertz CT molecular complexity index is 2720. The molecule has 0 aliphatic heterocycles. The fraction of sp³-hybridized carbons (Fsp3) is 0.0652. The van der Waals surface area contributed by atoms with Crippen LogP contribution in [-0.4, -0.2) is 4.98 Å². The topological polar surface area (TPSA) is 29.3 Å². The Labute approximate surface area is 294 Å². The van der Waals surface area contributed by atoms with Crippen molar-refractivity contribution < 1.29 is 4.42 Å². The average Bonchev–Trinajstić information content (AvgIpc) is 3.83. The summed E-state index contributed by atoms with van der Waals surface area (Å²) in [6, 6.07) is 56.6. The first-order valence-electron chi connectivity index (χ1n) is 17.0. The maximum absolute atomic E-state index is 6.28. The first kappa shape index (κ1) is 29.0. The third-order valence-corrected chi connectivity index (χ3v) is 11.4. The minimum Gasteiger partial charge on any atom is -0.436 e. The minimum absolute atomic E-state index is 0.108. The lowest BCUT2D eigenvalue weighted by atomic mass is 9.82. The molecular formula is C46H32N2OS. The maximum atomic E-state index is 6.28. The monoisotopic (exact) mass is 660 g/mol. The summed E-state index contributed by atoms with van der Waals surface area (Å²) in [7, 11) is 0. The van der Waals surface area contributed by atoms with E-state index in [0.29, 0.717) is 5.89 Å². The van der Waals surface area contributed by atoms with E-state index < -0.39 is 0 Å². The van der Waals surface area contributed by atoms with Crippen molar-refractivity contribution in [1.82, 2.24) is 4.98 Å². The summed E-state index contributed by atoms with van der Waals surface area (Å²) in [5.41, 5.74) is 13.7. The minimum atomic E-state index is -0.108. The third-order valence-electron chi connectivity index (χ3n) is 10.3. The van der Waals surface area contributed by atoms with E-state index in [9.17, 15) is 0 Å². The van der Waals surface area contributed by atoms with E-state index in [4.69, 9.17) is 9.40 Å². The van der Waals surface area contributed by atoms with Crippen LogP contribution in [0.25, 0.3) is 65.0 Å². The zero-order valence-corrected chi connectivity index (χ0v) is 28.5. The Morgan fingerprint density at radius 2 is 1.26 bits per heavy atom. The van der Waals surface area contributed by atoms with Crippen LogP contribution in [-0.2, 0) is 5.41 Å². The van der Waals surface area contributed by atoms with Gasteiger partial charge >= 0.3 is 0 Å². The second-order valence-corrected chi connectivity index (χ2v) is 14.7. The van der Waals surface area contributed by atoms with Gasteiger partial charge in [-0.25, -0.2) is 4.98 Å². The van der Waals surface area contributed by atoms with Gasteiger partial charge in [-0.1, -0.05) is 117 Å². The fourth-order valence-electron chi connectivity index (χ4n) is 7.91. The van der Waals surface area contributed by atoms with E-state index in [-0.39, 0.29) is 5.41 Å².